The molecule has 0 spiro atoms. The van der Waals surface area contributed by atoms with Crippen molar-refractivity contribution in [1.29, 1.82) is 0 Å². The number of aliphatic hydroxyl groups excluding tert-OH is 1. The summed E-state index contributed by atoms with van der Waals surface area (Å²) in [5.74, 6) is 0.208. The van der Waals surface area contributed by atoms with E-state index in [9.17, 15) is 0 Å². The fourth-order valence-electron chi connectivity index (χ4n) is 0.241. The number of hydrogen-bond donors (Lipinski definition) is 3. The summed E-state index contributed by atoms with van der Waals surface area (Å²) in [6, 6.07) is 0. The van der Waals surface area contributed by atoms with Crippen LogP contribution < -0.4 is 11.5 Å². The van der Waals surface area contributed by atoms with Crippen molar-refractivity contribution in [3.63, 3.8) is 0 Å². The van der Waals surface area contributed by atoms with Gasteiger partial charge in [0, 0.05) is 0 Å². The summed E-state index contributed by atoms with van der Waals surface area (Å²) in [6.07, 6.45) is -0.528. The summed E-state index contributed by atoms with van der Waals surface area (Å²) < 4.78 is 0. The van der Waals surface area contributed by atoms with E-state index in [0.717, 1.165) is 0 Å². The molecule has 0 rings (SSSR count). The van der Waals surface area contributed by atoms with Gasteiger partial charge in [-0.1, -0.05) is 0 Å². The minimum absolute atomic E-state index is 0. The number of rotatable bonds is 1. The molecule has 10 heavy (non-hydrogen) atoms. The molecule has 0 fully saturated rings. The minimum Gasteiger partial charge on any atom is -0.389 e. The third-order valence-electron chi connectivity index (χ3n) is 1.08. The van der Waals surface area contributed by atoms with Crippen molar-refractivity contribution < 1.29 is 14.5 Å². The lowest BCUT2D eigenvalue weighted by atomic mass is 10.2. The maximum Gasteiger partial charge on any atom is 0.0948 e. The normalized spacial score (nSPS) is 10.3. The summed E-state index contributed by atoms with van der Waals surface area (Å²) in [4.78, 5) is 0. The quantitative estimate of drug-likeness (QED) is 0.493. The maximum atomic E-state index is 8.77. The van der Waals surface area contributed by atoms with E-state index in [1.165, 1.54) is 0 Å². The Kier molecular flexibility index (Phi) is 10.1. The second-order valence-electron chi connectivity index (χ2n) is 1.81. The number of hydrogen-bond acceptors (Lipinski definition) is 3. The van der Waals surface area contributed by atoms with Crippen molar-refractivity contribution >= 4 is 0 Å². The number of halogens is 2. The Morgan fingerprint density at radius 2 is 1.60 bits per heavy atom. The highest BCUT2D eigenvalue weighted by Gasteiger charge is 1.99. The molecule has 5 heteroatoms. The first-order valence-corrected chi connectivity index (χ1v) is 2.45. The summed E-state index contributed by atoms with van der Waals surface area (Å²) in [6.45, 7) is 3.31. The van der Waals surface area contributed by atoms with Gasteiger partial charge in [0.1, 0.15) is 0 Å². The zero-order valence-electron chi connectivity index (χ0n) is 6.00. The minimum atomic E-state index is -0.528. The van der Waals surface area contributed by atoms with E-state index in [2.05, 4.69) is 0 Å². The highest BCUT2D eigenvalue weighted by atomic mass is 19.0. The predicted octanol–water partition coefficient (Wildman–Crippen LogP) is -0.179. The third-order valence-corrected chi connectivity index (χ3v) is 1.08. The van der Waals surface area contributed by atoms with Crippen LogP contribution in [-0.4, -0.2) is 11.2 Å². The average Bonchev–Trinajstić information content (AvgIpc) is 1.64. The first kappa shape index (κ1) is 16.1. The van der Waals surface area contributed by atoms with Crippen LogP contribution in [0, 0.1) is 0 Å². The van der Waals surface area contributed by atoms with Gasteiger partial charge >= 0.3 is 0 Å². The Morgan fingerprint density at radius 3 is 1.60 bits per heavy atom. The van der Waals surface area contributed by atoms with Crippen molar-refractivity contribution in [2.75, 3.05) is 0 Å². The average molecular weight is 156 g/mol. The van der Waals surface area contributed by atoms with Crippen molar-refractivity contribution in [1.82, 2.24) is 0 Å². The van der Waals surface area contributed by atoms with Crippen LogP contribution in [0.4, 0.5) is 9.41 Å². The second-order valence-corrected chi connectivity index (χ2v) is 1.81. The molecule has 0 saturated carbocycles. The molecule has 0 aromatic heterocycles. The van der Waals surface area contributed by atoms with Crippen LogP contribution in [0.3, 0.4) is 0 Å². The van der Waals surface area contributed by atoms with E-state index in [1.807, 2.05) is 0 Å². The molecular formula is C5H14F2N2O. The smallest absolute Gasteiger partial charge is 0.0948 e. The van der Waals surface area contributed by atoms with E-state index in [1.54, 1.807) is 13.8 Å². The highest BCUT2D eigenvalue weighted by Crippen LogP contribution is 1.98. The van der Waals surface area contributed by atoms with Crippen LogP contribution in [0.1, 0.15) is 13.8 Å². The second kappa shape index (κ2) is 6.28. The molecule has 1 atom stereocenters. The summed E-state index contributed by atoms with van der Waals surface area (Å²) >= 11 is 0. The summed E-state index contributed by atoms with van der Waals surface area (Å²) in [5, 5.41) is 8.77. The van der Waals surface area contributed by atoms with Gasteiger partial charge in [0.25, 0.3) is 0 Å². The van der Waals surface area contributed by atoms with Gasteiger partial charge in [0.05, 0.1) is 11.9 Å². The fraction of sp³-hybridized carbons (Fsp3) is 0.600. The maximum absolute atomic E-state index is 8.77. The Balaban J connectivity index is -0.000000245. The molecule has 0 aliphatic carbocycles. The van der Waals surface area contributed by atoms with Gasteiger partial charge in [-0.05, 0) is 19.4 Å². The van der Waals surface area contributed by atoms with Crippen molar-refractivity contribution in [3.8, 4) is 0 Å². The Bertz CT molecular complexity index is 110. The molecule has 64 valence electrons. The third kappa shape index (κ3) is 5.30. The SMILES string of the molecule is CC(=C(N)N)C(C)O.F.F. The number of nitrogens with two attached hydrogens (primary N) is 2. The Labute approximate surface area is 58.4 Å². The predicted molar refractivity (Wildman–Crippen MR) is 37.8 cm³/mol. The van der Waals surface area contributed by atoms with Gasteiger partial charge in [-0.3, -0.25) is 9.41 Å². The Morgan fingerprint density at radius 1 is 1.30 bits per heavy atom. The molecule has 0 aromatic rings. The van der Waals surface area contributed by atoms with Crippen LogP contribution in [0.5, 0.6) is 0 Å². The molecule has 1 unspecified atom stereocenters. The van der Waals surface area contributed by atoms with Crippen molar-refractivity contribution in [3.05, 3.63) is 11.4 Å². The van der Waals surface area contributed by atoms with E-state index in [0.29, 0.717) is 5.57 Å². The van der Waals surface area contributed by atoms with E-state index in [4.69, 9.17) is 16.6 Å². The molecule has 0 radical (unpaired) electrons. The lowest BCUT2D eigenvalue weighted by molar-refractivity contribution is 0.230. The van der Waals surface area contributed by atoms with Gasteiger partial charge in [-0.25, -0.2) is 0 Å². The van der Waals surface area contributed by atoms with Crippen LogP contribution in [0.15, 0.2) is 11.4 Å². The van der Waals surface area contributed by atoms with Gasteiger partial charge in [0.2, 0.25) is 0 Å². The largest absolute Gasteiger partial charge is 0.389 e. The molecule has 0 bridgehead atoms. The summed E-state index contributed by atoms with van der Waals surface area (Å²) in [7, 11) is 0. The van der Waals surface area contributed by atoms with Gasteiger partial charge in [0.15, 0.2) is 0 Å². The van der Waals surface area contributed by atoms with Crippen LogP contribution in [-0.2, 0) is 0 Å². The molecule has 3 nitrogen and oxygen atoms in total. The highest BCUT2D eigenvalue weighted by molar-refractivity contribution is 5.08. The Hall–Kier alpha value is -0.840. The van der Waals surface area contributed by atoms with E-state index < -0.39 is 6.10 Å². The molecule has 5 N–H and O–H groups in total. The van der Waals surface area contributed by atoms with Crippen LogP contribution in [0.25, 0.3) is 0 Å². The topological polar surface area (TPSA) is 72.3 Å². The lowest BCUT2D eigenvalue weighted by Gasteiger charge is -2.04. The van der Waals surface area contributed by atoms with Gasteiger partial charge in [-0.15, -0.1) is 0 Å². The standard InChI is InChI=1S/C5H12N2O.2FH/c1-3(4(2)8)5(6)7;;/h4,8H,6-7H2,1-2H3;2*1H. The molecule has 0 aliphatic rings. The fourth-order valence-corrected chi connectivity index (χ4v) is 0.241. The van der Waals surface area contributed by atoms with Crippen LogP contribution >= 0.6 is 0 Å². The molecule has 0 amide bonds. The van der Waals surface area contributed by atoms with E-state index in [-0.39, 0.29) is 15.2 Å². The van der Waals surface area contributed by atoms with E-state index >= 15 is 0 Å². The van der Waals surface area contributed by atoms with Gasteiger partial charge < -0.3 is 16.6 Å². The zero-order valence-corrected chi connectivity index (χ0v) is 6.00. The first-order chi connectivity index (χ1) is 3.55. The molecular weight excluding hydrogens is 142 g/mol. The van der Waals surface area contributed by atoms with Crippen LogP contribution in [0.2, 0.25) is 0 Å². The lowest BCUT2D eigenvalue weighted by Crippen LogP contribution is -2.16. The van der Waals surface area contributed by atoms with Gasteiger partial charge in [-0.2, -0.15) is 0 Å². The summed E-state index contributed by atoms with van der Waals surface area (Å²) in [5.41, 5.74) is 10.9. The molecule has 0 heterocycles. The monoisotopic (exact) mass is 156 g/mol. The zero-order chi connectivity index (χ0) is 6.73. The van der Waals surface area contributed by atoms with Crippen molar-refractivity contribution in [2.45, 2.75) is 20.0 Å². The number of aliphatic hydroxyl groups is 1. The van der Waals surface area contributed by atoms with Crippen molar-refractivity contribution in [2.24, 2.45) is 11.5 Å². The molecule has 0 aromatic carbocycles. The molecule has 0 saturated heterocycles. The molecule has 0 aliphatic heterocycles. The first-order valence-electron chi connectivity index (χ1n) is 2.45.